The predicted octanol–water partition coefficient (Wildman–Crippen LogP) is 3.70. The lowest BCUT2D eigenvalue weighted by molar-refractivity contribution is -0.130. The van der Waals surface area contributed by atoms with Crippen molar-refractivity contribution < 1.29 is 14.7 Å². The average Bonchev–Trinajstić information content (AvgIpc) is 3.45. The van der Waals surface area contributed by atoms with E-state index in [-0.39, 0.29) is 6.54 Å². The monoisotopic (exact) mass is 555 g/mol. The lowest BCUT2D eigenvalue weighted by atomic mass is 10.00. The molecule has 0 fully saturated rings. The van der Waals surface area contributed by atoms with Gasteiger partial charge in [0.2, 0.25) is 0 Å². The number of aliphatic hydroxyl groups excluding tert-OH is 1. The normalized spacial score (nSPS) is 12.4. The molecule has 0 aliphatic carbocycles. The minimum atomic E-state index is -1.54. The molecule has 2 aromatic heterocycles. The van der Waals surface area contributed by atoms with Gasteiger partial charge in [-0.25, -0.2) is 4.68 Å². The zero-order valence-electron chi connectivity index (χ0n) is 21.2. The van der Waals surface area contributed by atoms with Crippen LogP contribution in [0.25, 0.3) is 10.9 Å². The van der Waals surface area contributed by atoms with E-state index in [2.05, 4.69) is 31.2 Å². The molecule has 202 valence electrons. The number of rotatable bonds is 10. The first-order valence-corrected chi connectivity index (χ1v) is 12.9. The number of anilines is 1. The summed E-state index contributed by atoms with van der Waals surface area (Å²) in [6.07, 6.45) is 1.84. The highest BCUT2D eigenvalue weighted by molar-refractivity contribution is 6.31. The summed E-state index contributed by atoms with van der Waals surface area (Å²) in [5.41, 5.74) is 3.15. The molecule has 5 aromatic rings. The first kappa shape index (κ1) is 26.8. The van der Waals surface area contributed by atoms with E-state index in [1.807, 2.05) is 18.2 Å². The zero-order chi connectivity index (χ0) is 27.9. The highest BCUT2D eigenvalue weighted by atomic mass is 35.5. The van der Waals surface area contributed by atoms with E-state index in [0.29, 0.717) is 28.5 Å². The molecular formula is C29H26ClN7O3. The molecule has 10 nitrogen and oxygen atoms in total. The van der Waals surface area contributed by atoms with Gasteiger partial charge in [-0.15, -0.1) is 5.10 Å². The van der Waals surface area contributed by atoms with E-state index in [4.69, 9.17) is 11.6 Å². The van der Waals surface area contributed by atoms with Crippen molar-refractivity contribution in [3.63, 3.8) is 0 Å². The van der Waals surface area contributed by atoms with E-state index in [1.54, 1.807) is 83.8 Å². The van der Waals surface area contributed by atoms with Crippen LogP contribution in [-0.4, -0.2) is 43.0 Å². The molecule has 2 atom stereocenters. The van der Waals surface area contributed by atoms with Crippen molar-refractivity contribution in [1.82, 2.24) is 30.6 Å². The minimum absolute atomic E-state index is 0.0424. The van der Waals surface area contributed by atoms with Gasteiger partial charge in [-0.05, 0) is 42.0 Å². The van der Waals surface area contributed by atoms with Gasteiger partial charge in [-0.2, -0.15) is 0 Å². The van der Waals surface area contributed by atoms with Gasteiger partial charge in [0.05, 0.1) is 24.3 Å². The SMILES string of the molecule is O=C(N[C@@H](c1ccccc1)[C@@H](O)C(=O)NCc1cn(CNc2ccnc3cc(Cl)ccc23)nn1)c1ccccc1. The maximum absolute atomic E-state index is 12.9. The second-order valence-corrected chi connectivity index (χ2v) is 9.43. The lowest BCUT2D eigenvalue weighted by Gasteiger charge is -2.24. The van der Waals surface area contributed by atoms with Gasteiger partial charge in [0.15, 0.2) is 6.10 Å². The largest absolute Gasteiger partial charge is 0.381 e. The Kier molecular flexibility index (Phi) is 8.29. The van der Waals surface area contributed by atoms with Crippen LogP contribution in [0.2, 0.25) is 5.02 Å². The number of carbonyl (C=O) groups excluding carboxylic acids is 2. The van der Waals surface area contributed by atoms with E-state index in [0.717, 1.165) is 16.6 Å². The Morgan fingerprint density at radius 1 is 0.975 bits per heavy atom. The van der Waals surface area contributed by atoms with Gasteiger partial charge < -0.3 is 21.1 Å². The molecule has 5 rings (SSSR count). The predicted molar refractivity (Wildman–Crippen MR) is 151 cm³/mol. The van der Waals surface area contributed by atoms with Crippen LogP contribution in [0.5, 0.6) is 0 Å². The molecule has 0 bridgehead atoms. The fraction of sp³-hybridized carbons (Fsp3) is 0.138. The number of nitrogens with one attached hydrogen (secondary N) is 3. The van der Waals surface area contributed by atoms with Crippen molar-refractivity contribution >= 4 is 40.0 Å². The van der Waals surface area contributed by atoms with Crippen LogP contribution in [0.1, 0.15) is 27.7 Å². The van der Waals surface area contributed by atoms with Crippen LogP contribution in [0.4, 0.5) is 5.69 Å². The summed E-state index contributed by atoms with van der Waals surface area (Å²) in [5.74, 6) is -1.06. The van der Waals surface area contributed by atoms with E-state index >= 15 is 0 Å². The quantitative estimate of drug-likeness (QED) is 0.206. The number of aliphatic hydroxyl groups is 1. The van der Waals surface area contributed by atoms with Crippen LogP contribution < -0.4 is 16.0 Å². The molecule has 3 aromatic carbocycles. The summed E-state index contributed by atoms with van der Waals surface area (Å²) in [5, 5.41) is 29.4. The minimum Gasteiger partial charge on any atom is -0.381 e. The third-order valence-corrected chi connectivity index (χ3v) is 6.47. The third-order valence-electron chi connectivity index (χ3n) is 6.23. The van der Waals surface area contributed by atoms with E-state index in [1.165, 1.54) is 0 Å². The Morgan fingerprint density at radius 2 is 1.73 bits per heavy atom. The van der Waals surface area contributed by atoms with Gasteiger partial charge in [0.1, 0.15) is 12.4 Å². The maximum atomic E-state index is 12.9. The van der Waals surface area contributed by atoms with Crippen molar-refractivity contribution in [1.29, 1.82) is 0 Å². The molecular weight excluding hydrogens is 530 g/mol. The van der Waals surface area contributed by atoms with Crippen LogP contribution >= 0.6 is 11.6 Å². The molecule has 0 spiro atoms. The number of hydrogen-bond acceptors (Lipinski definition) is 7. The Labute approximate surface area is 235 Å². The second kappa shape index (κ2) is 12.4. The van der Waals surface area contributed by atoms with Crippen LogP contribution in [0, 0.1) is 0 Å². The molecule has 2 amide bonds. The molecule has 0 saturated carbocycles. The smallest absolute Gasteiger partial charge is 0.251 e. The second-order valence-electron chi connectivity index (χ2n) is 8.99. The summed E-state index contributed by atoms with van der Waals surface area (Å²) in [6, 6.07) is 23.9. The Balaban J connectivity index is 1.20. The standard InChI is InChI=1S/C29H26ClN7O3/c30-21-11-12-23-24(13-14-31-25(23)15-21)33-18-37-17-22(35-36-37)16-32-29(40)27(38)26(19-7-3-1-4-8-19)34-28(39)20-9-5-2-6-10-20/h1-15,17,26-27,38H,16,18H2,(H,31,33)(H,32,40)(H,34,39)/t26-,27+/m0/s1. The van der Waals surface area contributed by atoms with Crippen molar-refractivity contribution in [2.24, 2.45) is 0 Å². The van der Waals surface area contributed by atoms with Gasteiger partial charge in [-0.1, -0.05) is 65.3 Å². The Bertz CT molecular complexity index is 1610. The van der Waals surface area contributed by atoms with Crippen LogP contribution in [-0.2, 0) is 18.0 Å². The van der Waals surface area contributed by atoms with Gasteiger partial charge in [0.25, 0.3) is 11.8 Å². The third kappa shape index (κ3) is 6.42. The number of aromatic nitrogens is 4. The first-order valence-electron chi connectivity index (χ1n) is 12.5. The summed E-state index contributed by atoms with van der Waals surface area (Å²) < 4.78 is 1.59. The molecule has 40 heavy (non-hydrogen) atoms. The van der Waals surface area contributed by atoms with Gasteiger partial charge in [0, 0.05) is 27.9 Å². The maximum Gasteiger partial charge on any atom is 0.251 e. The van der Waals surface area contributed by atoms with Crippen molar-refractivity contribution in [3.05, 3.63) is 119 Å². The Morgan fingerprint density at radius 3 is 2.50 bits per heavy atom. The molecule has 4 N–H and O–H groups in total. The lowest BCUT2D eigenvalue weighted by Crippen LogP contribution is -2.45. The topological polar surface area (TPSA) is 134 Å². The van der Waals surface area contributed by atoms with Crippen LogP contribution in [0.15, 0.2) is 97.3 Å². The van der Waals surface area contributed by atoms with Gasteiger partial charge >= 0.3 is 0 Å². The van der Waals surface area contributed by atoms with E-state index < -0.39 is 24.0 Å². The van der Waals surface area contributed by atoms with Gasteiger partial charge in [-0.3, -0.25) is 14.6 Å². The number of carbonyl (C=O) groups is 2. The summed E-state index contributed by atoms with van der Waals surface area (Å²) >= 11 is 6.07. The highest BCUT2D eigenvalue weighted by Gasteiger charge is 2.29. The molecule has 0 aliphatic heterocycles. The molecule has 2 heterocycles. The summed E-state index contributed by atoms with van der Waals surface area (Å²) in [6.45, 7) is 0.369. The molecule has 0 saturated heterocycles. The molecule has 0 unspecified atom stereocenters. The number of benzene rings is 3. The summed E-state index contributed by atoms with van der Waals surface area (Å²) in [4.78, 5) is 30.1. The van der Waals surface area contributed by atoms with Crippen molar-refractivity contribution in [2.75, 3.05) is 5.32 Å². The molecule has 0 aliphatic rings. The zero-order valence-corrected chi connectivity index (χ0v) is 22.0. The highest BCUT2D eigenvalue weighted by Crippen LogP contribution is 2.24. The number of hydrogen-bond donors (Lipinski definition) is 4. The number of nitrogens with zero attached hydrogens (tertiary/aromatic N) is 4. The Hall–Kier alpha value is -4.80. The fourth-order valence-electron chi connectivity index (χ4n) is 4.19. The van der Waals surface area contributed by atoms with Crippen molar-refractivity contribution in [3.8, 4) is 0 Å². The number of fused-ring (bicyclic) bond motifs is 1. The van der Waals surface area contributed by atoms with Crippen LogP contribution in [0.3, 0.4) is 0 Å². The number of pyridine rings is 1. The molecule has 0 radical (unpaired) electrons. The number of amides is 2. The van der Waals surface area contributed by atoms with E-state index in [9.17, 15) is 14.7 Å². The molecule has 11 heteroatoms. The fourth-order valence-corrected chi connectivity index (χ4v) is 4.36. The summed E-state index contributed by atoms with van der Waals surface area (Å²) in [7, 11) is 0. The first-order chi connectivity index (χ1) is 19.5. The number of halogens is 1. The van der Waals surface area contributed by atoms with Crippen molar-refractivity contribution in [2.45, 2.75) is 25.4 Å². The average molecular weight is 556 g/mol.